The van der Waals surface area contributed by atoms with Gasteiger partial charge in [-0.05, 0) is 11.5 Å². The molecule has 0 aliphatic rings. The molecule has 0 heterocycles. The van der Waals surface area contributed by atoms with Crippen molar-refractivity contribution in [2.24, 2.45) is 0 Å². The third kappa shape index (κ3) is 1.31. The molecule has 2 nitrogen and oxygen atoms in total. The third-order valence-corrected chi connectivity index (χ3v) is 1.36. The van der Waals surface area contributed by atoms with E-state index in [0.717, 1.165) is 11.2 Å². The molecular formula is C7H9BO2. The van der Waals surface area contributed by atoms with Gasteiger partial charge in [0.05, 0.1) is 7.11 Å². The van der Waals surface area contributed by atoms with Crippen LogP contribution in [-0.4, -0.2) is 19.6 Å². The lowest BCUT2D eigenvalue weighted by Crippen LogP contribution is -2.15. The van der Waals surface area contributed by atoms with Crippen LogP contribution in [0.4, 0.5) is 0 Å². The molecular weight excluding hydrogens is 127 g/mol. The summed E-state index contributed by atoms with van der Waals surface area (Å²) in [5, 5.41) is 8.77. The second-order valence-electron chi connectivity index (χ2n) is 1.97. The molecule has 0 saturated heterocycles. The minimum absolute atomic E-state index is 0.0318. The summed E-state index contributed by atoms with van der Waals surface area (Å²) in [7, 11) is 1.62. The van der Waals surface area contributed by atoms with E-state index >= 15 is 0 Å². The molecule has 0 saturated carbocycles. The summed E-state index contributed by atoms with van der Waals surface area (Å²) in [6.07, 6.45) is 0. The molecule has 0 amide bonds. The second-order valence-corrected chi connectivity index (χ2v) is 1.97. The Morgan fingerprint density at radius 3 is 2.60 bits per heavy atom. The molecule has 0 aromatic heterocycles. The number of hydrogen-bond acceptors (Lipinski definition) is 2. The van der Waals surface area contributed by atoms with Crippen LogP contribution in [0.1, 0.15) is 0 Å². The molecule has 0 aliphatic carbocycles. The van der Waals surface area contributed by atoms with Crippen molar-refractivity contribution in [3.8, 4) is 5.75 Å². The van der Waals surface area contributed by atoms with Crippen LogP contribution in [0.15, 0.2) is 24.3 Å². The van der Waals surface area contributed by atoms with Crippen molar-refractivity contribution >= 4 is 12.9 Å². The molecule has 52 valence electrons. The molecule has 3 heteroatoms. The summed E-state index contributed by atoms with van der Waals surface area (Å²) in [6.45, 7) is 0. The van der Waals surface area contributed by atoms with Crippen LogP contribution in [-0.2, 0) is 0 Å². The number of para-hydroxylation sites is 1. The average molecular weight is 136 g/mol. The molecule has 0 atom stereocenters. The second kappa shape index (κ2) is 3.27. The van der Waals surface area contributed by atoms with Crippen LogP contribution >= 0.6 is 0 Å². The summed E-state index contributed by atoms with van der Waals surface area (Å²) >= 11 is 0. The van der Waals surface area contributed by atoms with Gasteiger partial charge in [-0.15, -0.1) is 0 Å². The van der Waals surface area contributed by atoms with Crippen molar-refractivity contribution in [3.05, 3.63) is 24.3 Å². The maximum atomic E-state index is 8.77. The van der Waals surface area contributed by atoms with Crippen molar-refractivity contribution in [2.75, 3.05) is 7.11 Å². The van der Waals surface area contributed by atoms with E-state index in [1.54, 1.807) is 7.11 Å². The first kappa shape index (κ1) is 7.16. The fourth-order valence-corrected chi connectivity index (χ4v) is 0.834. The van der Waals surface area contributed by atoms with Crippen LogP contribution in [0.2, 0.25) is 0 Å². The zero-order valence-electron chi connectivity index (χ0n) is 5.87. The molecule has 0 fully saturated rings. The third-order valence-electron chi connectivity index (χ3n) is 1.36. The smallest absolute Gasteiger partial charge is 0.308 e. The van der Waals surface area contributed by atoms with E-state index in [9.17, 15) is 0 Å². The number of rotatable bonds is 2. The molecule has 0 bridgehead atoms. The van der Waals surface area contributed by atoms with E-state index in [2.05, 4.69) is 0 Å². The largest absolute Gasteiger partial charge is 0.497 e. The van der Waals surface area contributed by atoms with Crippen LogP contribution in [0, 0.1) is 0 Å². The van der Waals surface area contributed by atoms with Crippen molar-refractivity contribution in [2.45, 2.75) is 0 Å². The van der Waals surface area contributed by atoms with E-state index in [1.807, 2.05) is 24.3 Å². The number of hydrogen-bond donors (Lipinski definition) is 1. The Morgan fingerprint density at radius 1 is 1.40 bits per heavy atom. The lowest BCUT2D eigenvalue weighted by molar-refractivity contribution is 0.417. The van der Waals surface area contributed by atoms with Crippen LogP contribution in [0.3, 0.4) is 0 Å². The first-order chi connectivity index (χ1) is 4.88. The van der Waals surface area contributed by atoms with E-state index in [1.165, 1.54) is 0 Å². The van der Waals surface area contributed by atoms with Gasteiger partial charge in [0.25, 0.3) is 0 Å². The Balaban J connectivity index is 2.96. The predicted molar refractivity (Wildman–Crippen MR) is 42.0 cm³/mol. The molecule has 0 aliphatic heterocycles. The first-order valence-corrected chi connectivity index (χ1v) is 3.11. The maximum absolute atomic E-state index is 8.77. The highest BCUT2D eigenvalue weighted by atomic mass is 16.5. The van der Waals surface area contributed by atoms with Crippen LogP contribution in [0.25, 0.3) is 0 Å². The Hall–Kier alpha value is -0.955. The fraction of sp³-hybridized carbons (Fsp3) is 0.143. The van der Waals surface area contributed by atoms with E-state index in [0.29, 0.717) is 0 Å². The van der Waals surface area contributed by atoms with Crippen molar-refractivity contribution < 1.29 is 9.76 Å². The molecule has 1 aromatic rings. The van der Waals surface area contributed by atoms with Gasteiger partial charge in [-0.3, -0.25) is 0 Å². The quantitative estimate of drug-likeness (QED) is 0.563. The topological polar surface area (TPSA) is 29.5 Å². The average Bonchev–Trinajstić information content (AvgIpc) is 2.04. The highest BCUT2D eigenvalue weighted by Crippen LogP contribution is 2.02. The standard InChI is InChI=1S/C7H9BO2/c1-10-7-5-3-2-4-6(7)8-9/h2-5,8-9H,1H3. The highest BCUT2D eigenvalue weighted by molar-refractivity contribution is 6.46. The number of ether oxygens (including phenoxy) is 1. The lowest BCUT2D eigenvalue weighted by atomic mass is 9.88. The molecule has 1 rings (SSSR count). The summed E-state index contributed by atoms with van der Waals surface area (Å²) in [5.74, 6) is 0.741. The van der Waals surface area contributed by atoms with Crippen molar-refractivity contribution in [3.63, 3.8) is 0 Å². The highest BCUT2D eigenvalue weighted by Gasteiger charge is 1.98. The summed E-state index contributed by atoms with van der Waals surface area (Å²) in [4.78, 5) is 0. The lowest BCUT2D eigenvalue weighted by Gasteiger charge is -2.02. The van der Waals surface area contributed by atoms with Gasteiger partial charge < -0.3 is 9.76 Å². The Kier molecular flexibility index (Phi) is 2.34. The minimum atomic E-state index is 0.0318. The normalized spacial score (nSPS) is 9.00. The van der Waals surface area contributed by atoms with Gasteiger partial charge in [-0.2, -0.15) is 0 Å². The first-order valence-electron chi connectivity index (χ1n) is 3.11. The SMILES string of the molecule is COc1ccccc1BO. The van der Waals surface area contributed by atoms with Gasteiger partial charge in [0.2, 0.25) is 0 Å². The zero-order chi connectivity index (χ0) is 7.40. The van der Waals surface area contributed by atoms with E-state index in [4.69, 9.17) is 9.76 Å². The molecule has 0 unspecified atom stereocenters. The molecule has 1 N–H and O–H groups in total. The zero-order valence-corrected chi connectivity index (χ0v) is 5.87. The molecule has 0 radical (unpaired) electrons. The minimum Gasteiger partial charge on any atom is -0.497 e. The van der Waals surface area contributed by atoms with E-state index < -0.39 is 0 Å². The number of methoxy groups -OCH3 is 1. The number of benzene rings is 1. The van der Waals surface area contributed by atoms with Crippen LogP contribution in [0.5, 0.6) is 5.75 Å². The molecule has 10 heavy (non-hydrogen) atoms. The fourth-order valence-electron chi connectivity index (χ4n) is 0.834. The van der Waals surface area contributed by atoms with Crippen molar-refractivity contribution in [1.29, 1.82) is 0 Å². The maximum Gasteiger partial charge on any atom is 0.308 e. The predicted octanol–water partition coefficient (Wildman–Crippen LogP) is -0.336. The van der Waals surface area contributed by atoms with Gasteiger partial charge in [0.1, 0.15) is 5.75 Å². The molecule has 1 aromatic carbocycles. The Morgan fingerprint density at radius 2 is 2.10 bits per heavy atom. The van der Waals surface area contributed by atoms with Gasteiger partial charge in [0, 0.05) is 0 Å². The Labute approximate surface area is 60.7 Å². The summed E-state index contributed by atoms with van der Waals surface area (Å²) < 4.78 is 4.98. The van der Waals surface area contributed by atoms with Gasteiger partial charge >= 0.3 is 7.48 Å². The van der Waals surface area contributed by atoms with E-state index in [-0.39, 0.29) is 7.48 Å². The van der Waals surface area contributed by atoms with Gasteiger partial charge in [0.15, 0.2) is 0 Å². The Bertz CT molecular complexity index is 190. The van der Waals surface area contributed by atoms with Gasteiger partial charge in [-0.25, -0.2) is 0 Å². The molecule has 0 spiro atoms. The summed E-state index contributed by atoms with van der Waals surface area (Å²) in [5.41, 5.74) is 0.824. The monoisotopic (exact) mass is 136 g/mol. The van der Waals surface area contributed by atoms with Crippen molar-refractivity contribution in [1.82, 2.24) is 0 Å². The summed E-state index contributed by atoms with van der Waals surface area (Å²) in [6, 6.07) is 7.40. The van der Waals surface area contributed by atoms with Gasteiger partial charge in [-0.1, -0.05) is 18.2 Å². The van der Waals surface area contributed by atoms with Crippen LogP contribution < -0.4 is 10.2 Å².